The molecule has 0 bridgehead atoms. The minimum Gasteiger partial charge on any atom is -0.318 e. The number of nitrogens with one attached hydrogen (secondary N) is 2. The van der Waals surface area contributed by atoms with E-state index in [1.807, 2.05) is 0 Å². The Bertz CT molecular complexity index is 926. The molecule has 0 aromatic heterocycles. The van der Waals surface area contributed by atoms with Gasteiger partial charge in [0.15, 0.2) is 11.6 Å². The van der Waals surface area contributed by atoms with Gasteiger partial charge in [0, 0.05) is 4.90 Å². The Kier molecular flexibility index (Phi) is 5.64. The minimum absolute atomic E-state index is 0.188. The number of nitrogens with zero attached hydrogens (tertiary/aromatic N) is 1. The second-order valence-corrected chi connectivity index (χ2v) is 7.14. The number of urea groups is 1. The number of benzene rings is 2. The molecule has 1 atom stereocenters. The average molecular weight is 405 g/mol. The fraction of sp³-hybridized carbons (Fsp3) is 0.211. The summed E-state index contributed by atoms with van der Waals surface area (Å²) in [5.74, 6) is -3.40. The van der Waals surface area contributed by atoms with Gasteiger partial charge in [0.1, 0.15) is 5.54 Å². The van der Waals surface area contributed by atoms with Crippen LogP contribution in [0.15, 0.2) is 53.4 Å². The van der Waals surface area contributed by atoms with Gasteiger partial charge in [-0.25, -0.2) is 13.6 Å². The van der Waals surface area contributed by atoms with Gasteiger partial charge >= 0.3 is 6.03 Å². The van der Waals surface area contributed by atoms with Crippen LogP contribution in [0.25, 0.3) is 0 Å². The number of hydrazine groups is 1. The lowest BCUT2D eigenvalue weighted by Crippen LogP contribution is -2.49. The zero-order valence-corrected chi connectivity index (χ0v) is 15.7. The Labute approximate surface area is 164 Å². The minimum atomic E-state index is -1.25. The van der Waals surface area contributed by atoms with Crippen LogP contribution in [0.5, 0.6) is 0 Å². The van der Waals surface area contributed by atoms with Crippen LogP contribution in [-0.2, 0) is 15.1 Å². The molecule has 0 radical (unpaired) electrons. The molecule has 2 N–H and O–H groups in total. The molecule has 6 nitrogen and oxygen atoms in total. The molecule has 0 saturated carbocycles. The third-order valence-electron chi connectivity index (χ3n) is 4.39. The quantitative estimate of drug-likeness (QED) is 0.572. The first-order chi connectivity index (χ1) is 13.4. The van der Waals surface area contributed by atoms with Gasteiger partial charge in [0.2, 0.25) is 5.91 Å². The summed E-state index contributed by atoms with van der Waals surface area (Å²) in [6.45, 7) is 1.76. The Morgan fingerprint density at radius 1 is 1.14 bits per heavy atom. The Balaban J connectivity index is 1.68. The van der Waals surface area contributed by atoms with Crippen molar-refractivity contribution in [2.24, 2.45) is 0 Å². The molecule has 1 saturated heterocycles. The van der Waals surface area contributed by atoms with Crippen molar-refractivity contribution in [2.75, 3.05) is 5.75 Å². The summed E-state index contributed by atoms with van der Waals surface area (Å²) >= 11 is 0.951. The normalized spacial score (nSPS) is 18.9. The van der Waals surface area contributed by atoms with E-state index in [2.05, 4.69) is 10.7 Å². The van der Waals surface area contributed by atoms with E-state index in [1.54, 1.807) is 37.3 Å². The maximum Gasteiger partial charge on any atom is 0.344 e. The number of amides is 4. The highest BCUT2D eigenvalue weighted by atomic mass is 32.2. The molecule has 2 aromatic rings. The van der Waals surface area contributed by atoms with Gasteiger partial charge < -0.3 is 5.32 Å². The lowest BCUT2D eigenvalue weighted by atomic mass is 9.87. The van der Waals surface area contributed by atoms with Gasteiger partial charge in [-0.15, -0.1) is 11.8 Å². The van der Waals surface area contributed by atoms with Gasteiger partial charge in [-0.05, 0) is 30.2 Å². The lowest BCUT2D eigenvalue weighted by Gasteiger charge is -2.25. The van der Waals surface area contributed by atoms with Crippen molar-refractivity contribution in [3.63, 3.8) is 0 Å². The second kappa shape index (κ2) is 7.97. The number of hydrogen-bond donors (Lipinski definition) is 2. The first-order valence-corrected chi connectivity index (χ1v) is 9.45. The smallest absolute Gasteiger partial charge is 0.318 e. The predicted molar refractivity (Wildman–Crippen MR) is 99.0 cm³/mol. The third kappa shape index (κ3) is 3.70. The number of halogens is 2. The summed E-state index contributed by atoms with van der Waals surface area (Å²) in [5, 5.41) is 3.31. The standard InChI is InChI=1S/C19H17F2N3O3S/c1-2-19(12-6-4-3-5-7-12)17(26)24(18(27)22-19)23-16(25)11-28-13-8-9-14(20)15(21)10-13/h3-10H,2,11H2,1H3,(H,22,27)(H,23,25)/t19-/m1/s1. The van der Waals surface area contributed by atoms with E-state index in [-0.39, 0.29) is 5.75 Å². The van der Waals surface area contributed by atoms with Crippen LogP contribution in [0.1, 0.15) is 18.9 Å². The molecule has 1 aliphatic rings. The summed E-state index contributed by atoms with van der Waals surface area (Å²) in [7, 11) is 0. The van der Waals surface area contributed by atoms with Crippen LogP contribution in [0.2, 0.25) is 0 Å². The van der Waals surface area contributed by atoms with E-state index in [0.717, 1.165) is 23.9 Å². The summed E-state index contributed by atoms with van der Waals surface area (Å²) in [5.41, 5.74) is 1.64. The van der Waals surface area contributed by atoms with Crippen LogP contribution in [-0.4, -0.2) is 28.6 Å². The zero-order chi connectivity index (χ0) is 20.3. The highest BCUT2D eigenvalue weighted by Gasteiger charge is 2.52. The highest BCUT2D eigenvalue weighted by molar-refractivity contribution is 8.00. The van der Waals surface area contributed by atoms with Crippen molar-refractivity contribution in [3.8, 4) is 0 Å². The highest BCUT2D eigenvalue weighted by Crippen LogP contribution is 2.31. The third-order valence-corrected chi connectivity index (χ3v) is 5.38. The molecule has 2 aromatic carbocycles. The summed E-state index contributed by atoms with van der Waals surface area (Å²) in [6.07, 6.45) is 0.303. The molecule has 0 aliphatic carbocycles. The van der Waals surface area contributed by atoms with Gasteiger partial charge in [0.05, 0.1) is 5.75 Å². The first-order valence-electron chi connectivity index (χ1n) is 8.47. The molecular weight excluding hydrogens is 388 g/mol. The van der Waals surface area contributed by atoms with Crippen LogP contribution < -0.4 is 10.7 Å². The zero-order valence-electron chi connectivity index (χ0n) is 14.9. The van der Waals surface area contributed by atoms with Crippen molar-refractivity contribution >= 4 is 29.6 Å². The van der Waals surface area contributed by atoms with Gasteiger partial charge in [0.25, 0.3) is 5.91 Å². The van der Waals surface area contributed by atoms with Crippen molar-refractivity contribution in [2.45, 2.75) is 23.8 Å². The average Bonchev–Trinajstić information content (AvgIpc) is 2.94. The number of carbonyl (C=O) groups excluding carboxylic acids is 3. The van der Waals surface area contributed by atoms with E-state index in [9.17, 15) is 23.2 Å². The molecule has 146 valence electrons. The molecule has 0 unspecified atom stereocenters. The van der Waals surface area contributed by atoms with Gasteiger partial charge in [-0.2, -0.15) is 5.01 Å². The van der Waals surface area contributed by atoms with Gasteiger partial charge in [-0.1, -0.05) is 37.3 Å². The van der Waals surface area contributed by atoms with Crippen LogP contribution in [0.4, 0.5) is 13.6 Å². The van der Waals surface area contributed by atoms with Crippen LogP contribution >= 0.6 is 11.8 Å². The fourth-order valence-electron chi connectivity index (χ4n) is 2.91. The number of rotatable bonds is 6. The molecule has 1 heterocycles. The molecule has 4 amide bonds. The van der Waals surface area contributed by atoms with E-state index in [4.69, 9.17) is 0 Å². The van der Waals surface area contributed by atoms with Crippen LogP contribution in [0.3, 0.4) is 0 Å². The topological polar surface area (TPSA) is 78.5 Å². The SMILES string of the molecule is CC[C@]1(c2ccccc2)NC(=O)N(NC(=O)CSc2ccc(F)c(F)c2)C1=O. The largest absolute Gasteiger partial charge is 0.344 e. The van der Waals surface area contributed by atoms with Crippen molar-refractivity contribution in [1.29, 1.82) is 0 Å². The first kappa shape index (κ1) is 19.8. The number of imide groups is 1. The molecule has 0 spiro atoms. The van der Waals surface area contributed by atoms with E-state index >= 15 is 0 Å². The number of hydrogen-bond acceptors (Lipinski definition) is 4. The van der Waals surface area contributed by atoms with Crippen LogP contribution in [0, 0.1) is 11.6 Å². The summed E-state index contributed by atoms with van der Waals surface area (Å²) in [6, 6.07) is 11.3. The summed E-state index contributed by atoms with van der Waals surface area (Å²) < 4.78 is 26.2. The fourth-order valence-corrected chi connectivity index (χ4v) is 3.62. The lowest BCUT2D eigenvalue weighted by molar-refractivity contribution is -0.138. The number of carbonyl (C=O) groups is 3. The Hall–Kier alpha value is -2.94. The molecule has 3 rings (SSSR count). The Morgan fingerprint density at radius 2 is 1.86 bits per heavy atom. The van der Waals surface area contributed by atoms with Crippen molar-refractivity contribution in [1.82, 2.24) is 15.8 Å². The molecule has 28 heavy (non-hydrogen) atoms. The summed E-state index contributed by atoms with van der Waals surface area (Å²) in [4.78, 5) is 37.7. The predicted octanol–water partition coefficient (Wildman–Crippen LogP) is 2.95. The van der Waals surface area contributed by atoms with E-state index < -0.39 is 35.0 Å². The molecule has 1 aliphatic heterocycles. The molecule has 9 heteroatoms. The number of thioether (sulfide) groups is 1. The maximum atomic E-state index is 13.2. The second-order valence-electron chi connectivity index (χ2n) is 6.10. The molecule has 1 fully saturated rings. The van der Waals surface area contributed by atoms with E-state index in [1.165, 1.54) is 6.07 Å². The monoisotopic (exact) mass is 405 g/mol. The van der Waals surface area contributed by atoms with Crippen molar-refractivity contribution in [3.05, 3.63) is 65.7 Å². The van der Waals surface area contributed by atoms with Crippen molar-refractivity contribution < 1.29 is 23.2 Å². The molecular formula is C19H17F2N3O3S. The van der Waals surface area contributed by atoms with E-state index in [0.29, 0.717) is 21.9 Å². The maximum absolute atomic E-state index is 13.2. The Morgan fingerprint density at radius 3 is 2.50 bits per heavy atom. The van der Waals surface area contributed by atoms with Gasteiger partial charge in [-0.3, -0.25) is 15.0 Å².